The average molecular weight is 358 g/mol. The summed E-state index contributed by atoms with van der Waals surface area (Å²) in [5, 5.41) is 2.22. The molecule has 1 aliphatic rings. The molecule has 136 valence electrons. The number of hydrogen-bond acceptors (Lipinski definition) is 3. The van der Waals surface area contributed by atoms with Crippen molar-refractivity contribution in [1.82, 2.24) is 9.80 Å². The zero-order chi connectivity index (χ0) is 18.5. The summed E-state index contributed by atoms with van der Waals surface area (Å²) in [6.07, 6.45) is 2.65. The second kappa shape index (κ2) is 8.11. The van der Waals surface area contributed by atoms with Gasteiger partial charge in [0.15, 0.2) is 0 Å². The third-order valence-electron chi connectivity index (χ3n) is 4.93. The monoisotopic (exact) mass is 358 g/mol. The van der Waals surface area contributed by atoms with Crippen molar-refractivity contribution in [2.75, 3.05) is 26.2 Å². The van der Waals surface area contributed by atoms with Crippen molar-refractivity contribution in [1.29, 1.82) is 0 Å². The molecule has 2 heterocycles. The number of benzene rings is 2. The number of nitrogens with zero attached hydrogens (tertiary/aromatic N) is 2. The van der Waals surface area contributed by atoms with Crippen LogP contribution in [0.1, 0.15) is 17.7 Å². The Kier molecular flexibility index (Phi) is 5.22. The van der Waals surface area contributed by atoms with E-state index in [2.05, 4.69) is 28.9 Å². The summed E-state index contributed by atoms with van der Waals surface area (Å²) in [6, 6.07) is 18.0. The van der Waals surface area contributed by atoms with Gasteiger partial charge in [0.05, 0.1) is 12.8 Å². The van der Waals surface area contributed by atoms with E-state index in [9.17, 15) is 4.79 Å². The smallest absolute Gasteiger partial charge is 0.298 e. The fourth-order valence-corrected chi connectivity index (χ4v) is 3.49. The summed E-state index contributed by atoms with van der Waals surface area (Å²) in [5.41, 5.74) is 0.899. The second-order valence-electron chi connectivity index (χ2n) is 6.78. The third kappa shape index (κ3) is 4.21. The van der Waals surface area contributed by atoms with Crippen LogP contribution < -0.4 is 0 Å². The molecule has 0 bridgehead atoms. The molecule has 0 atom stereocenters. The van der Waals surface area contributed by atoms with Crippen LogP contribution in [0.2, 0.25) is 0 Å². The number of furan rings is 1. The molecule has 0 N–H and O–H groups in total. The van der Waals surface area contributed by atoms with Crippen molar-refractivity contribution < 1.29 is 9.21 Å². The van der Waals surface area contributed by atoms with E-state index in [1.165, 1.54) is 0 Å². The van der Waals surface area contributed by atoms with Gasteiger partial charge in [-0.25, -0.2) is 0 Å². The number of carbonyl (C=O) groups excluding carboxylic acids is 1. The molecular formula is C23H22N2O2. The lowest BCUT2D eigenvalue weighted by atomic mass is 10.1. The molecule has 0 radical (unpaired) electrons. The first kappa shape index (κ1) is 17.4. The SMILES string of the molecule is O=C(C#Cc1cccc2ccccc12)N1CCCN(Cc2ccco2)CC1. The molecule has 4 nitrogen and oxygen atoms in total. The normalized spacial score (nSPS) is 15.2. The summed E-state index contributed by atoms with van der Waals surface area (Å²) >= 11 is 0. The van der Waals surface area contributed by atoms with E-state index in [1.54, 1.807) is 6.26 Å². The van der Waals surface area contributed by atoms with Crippen LogP contribution in [0.25, 0.3) is 10.8 Å². The highest BCUT2D eigenvalue weighted by Crippen LogP contribution is 2.17. The highest BCUT2D eigenvalue weighted by Gasteiger charge is 2.18. The highest BCUT2D eigenvalue weighted by molar-refractivity contribution is 5.96. The molecule has 0 spiro atoms. The number of hydrogen-bond donors (Lipinski definition) is 0. The molecule has 3 aromatic rings. The number of carbonyl (C=O) groups is 1. The van der Waals surface area contributed by atoms with Crippen molar-refractivity contribution in [3.05, 3.63) is 72.2 Å². The summed E-state index contributed by atoms with van der Waals surface area (Å²) in [6.45, 7) is 4.03. The van der Waals surface area contributed by atoms with Crippen LogP contribution in [-0.4, -0.2) is 41.9 Å². The van der Waals surface area contributed by atoms with Gasteiger partial charge in [0.1, 0.15) is 5.76 Å². The van der Waals surface area contributed by atoms with Crippen LogP contribution in [-0.2, 0) is 11.3 Å². The molecule has 0 unspecified atom stereocenters. The van der Waals surface area contributed by atoms with Crippen LogP contribution >= 0.6 is 0 Å². The van der Waals surface area contributed by atoms with E-state index in [0.29, 0.717) is 6.54 Å². The van der Waals surface area contributed by atoms with Crippen molar-refractivity contribution >= 4 is 16.7 Å². The predicted octanol–water partition coefficient (Wildman–Crippen LogP) is 3.52. The minimum atomic E-state index is -0.0946. The first-order valence-electron chi connectivity index (χ1n) is 9.33. The number of fused-ring (bicyclic) bond motifs is 1. The van der Waals surface area contributed by atoms with E-state index in [1.807, 2.05) is 47.4 Å². The van der Waals surface area contributed by atoms with Gasteiger partial charge in [0.25, 0.3) is 5.91 Å². The number of rotatable bonds is 2. The van der Waals surface area contributed by atoms with Crippen molar-refractivity contribution in [2.24, 2.45) is 0 Å². The first-order valence-corrected chi connectivity index (χ1v) is 9.33. The molecule has 1 aliphatic heterocycles. The van der Waals surface area contributed by atoms with Crippen LogP contribution in [0.3, 0.4) is 0 Å². The average Bonchev–Trinajstić information content (AvgIpc) is 3.10. The quantitative estimate of drug-likeness (QED) is 0.658. The molecule has 1 fully saturated rings. The second-order valence-corrected chi connectivity index (χ2v) is 6.78. The maximum absolute atomic E-state index is 12.6. The molecule has 1 amide bonds. The third-order valence-corrected chi connectivity index (χ3v) is 4.93. The van der Waals surface area contributed by atoms with Crippen molar-refractivity contribution in [2.45, 2.75) is 13.0 Å². The highest BCUT2D eigenvalue weighted by atomic mass is 16.3. The van der Waals surface area contributed by atoms with E-state index in [0.717, 1.165) is 54.7 Å². The summed E-state index contributed by atoms with van der Waals surface area (Å²) in [7, 11) is 0. The minimum absolute atomic E-state index is 0.0946. The molecule has 2 aromatic carbocycles. The van der Waals surface area contributed by atoms with Crippen LogP contribution in [0.5, 0.6) is 0 Å². The van der Waals surface area contributed by atoms with Crippen LogP contribution in [0.4, 0.5) is 0 Å². The van der Waals surface area contributed by atoms with E-state index in [4.69, 9.17) is 4.42 Å². The molecule has 1 aromatic heterocycles. The minimum Gasteiger partial charge on any atom is -0.468 e. The fourth-order valence-electron chi connectivity index (χ4n) is 3.49. The molecule has 0 aliphatic carbocycles. The maximum Gasteiger partial charge on any atom is 0.298 e. The molecular weight excluding hydrogens is 336 g/mol. The van der Waals surface area contributed by atoms with Gasteiger partial charge in [0, 0.05) is 37.7 Å². The number of amides is 1. The molecule has 4 rings (SSSR count). The molecule has 4 heteroatoms. The zero-order valence-corrected chi connectivity index (χ0v) is 15.2. The van der Waals surface area contributed by atoms with Gasteiger partial charge in [0.2, 0.25) is 0 Å². The van der Waals surface area contributed by atoms with Gasteiger partial charge < -0.3 is 9.32 Å². The predicted molar refractivity (Wildman–Crippen MR) is 106 cm³/mol. The summed E-state index contributed by atoms with van der Waals surface area (Å²) in [5.74, 6) is 6.80. The fraction of sp³-hybridized carbons (Fsp3) is 0.261. The standard InChI is InChI=1S/C23H22N2O2/c26-23(12-11-20-8-3-7-19-6-1-2-10-22(19)20)25-14-5-13-24(15-16-25)18-21-9-4-17-27-21/h1-4,6-10,17H,5,13-16,18H2. The largest absolute Gasteiger partial charge is 0.468 e. The van der Waals surface area contributed by atoms with Crippen LogP contribution in [0, 0.1) is 11.8 Å². The molecule has 1 saturated heterocycles. The van der Waals surface area contributed by atoms with Gasteiger partial charge in [-0.2, -0.15) is 0 Å². The summed E-state index contributed by atoms with van der Waals surface area (Å²) < 4.78 is 5.43. The topological polar surface area (TPSA) is 36.7 Å². The lowest BCUT2D eigenvalue weighted by Crippen LogP contribution is -2.34. The summed E-state index contributed by atoms with van der Waals surface area (Å²) in [4.78, 5) is 16.8. The van der Waals surface area contributed by atoms with Crippen molar-refractivity contribution in [3.8, 4) is 11.8 Å². The Hall–Kier alpha value is -3.03. The Bertz CT molecular complexity index is 977. The zero-order valence-electron chi connectivity index (χ0n) is 15.2. The Morgan fingerprint density at radius 3 is 2.74 bits per heavy atom. The maximum atomic E-state index is 12.6. The van der Waals surface area contributed by atoms with Gasteiger partial charge >= 0.3 is 0 Å². The Balaban J connectivity index is 1.42. The molecule has 0 saturated carbocycles. The lowest BCUT2D eigenvalue weighted by molar-refractivity contribution is -0.125. The van der Waals surface area contributed by atoms with E-state index >= 15 is 0 Å². The van der Waals surface area contributed by atoms with Crippen LogP contribution in [0.15, 0.2) is 65.3 Å². The van der Waals surface area contributed by atoms with Gasteiger partial charge in [-0.3, -0.25) is 9.69 Å². The Morgan fingerprint density at radius 2 is 1.85 bits per heavy atom. The first-order chi connectivity index (χ1) is 13.3. The molecule has 27 heavy (non-hydrogen) atoms. The Labute approximate surface area is 159 Å². The van der Waals surface area contributed by atoms with Gasteiger partial charge in [-0.05, 0) is 35.4 Å². The Morgan fingerprint density at radius 1 is 0.963 bits per heavy atom. The van der Waals surface area contributed by atoms with Gasteiger partial charge in [-0.15, -0.1) is 0 Å². The van der Waals surface area contributed by atoms with E-state index in [-0.39, 0.29) is 5.91 Å². The van der Waals surface area contributed by atoms with Crippen molar-refractivity contribution in [3.63, 3.8) is 0 Å². The van der Waals surface area contributed by atoms with Gasteiger partial charge in [-0.1, -0.05) is 42.3 Å². The van der Waals surface area contributed by atoms with E-state index < -0.39 is 0 Å². The lowest BCUT2D eigenvalue weighted by Gasteiger charge is -2.19.